The Labute approximate surface area is 281 Å². The number of amides is 1. The van der Waals surface area contributed by atoms with Crippen molar-refractivity contribution >= 4 is 45.8 Å². The molecule has 6 rings (SSSR count). The van der Waals surface area contributed by atoms with Gasteiger partial charge in [-0.15, -0.1) is 0 Å². The number of Topliss-reactive ketones (excluding diaryl/α,β-unsaturated/α-hetero) is 1. The maximum absolute atomic E-state index is 13.5. The molecule has 0 aliphatic carbocycles. The molecule has 1 amide bonds. The van der Waals surface area contributed by atoms with Crippen molar-refractivity contribution in [3.8, 4) is 5.75 Å². The van der Waals surface area contributed by atoms with Gasteiger partial charge in [-0.3, -0.25) is 19.4 Å². The standard InChI is InChI=1S/C37H42Cl2N4O3/c1-24(2)46-35-10-5-9-32-33(37(45)40-19-26-8-4-7-25(3)15-26)22-42(36(32)35)13-6-14-43-30-11-12-31(43)21-41(20-30)23-34(44)27-16-28(38)18-29(39)17-27/h4-5,7-10,15-18,22,24,30-31H,6,11-14,19-21,23H2,1-3H3,(H,40,45). The molecule has 0 spiro atoms. The monoisotopic (exact) mass is 660 g/mol. The van der Waals surface area contributed by atoms with Crippen LogP contribution in [0.25, 0.3) is 10.9 Å². The molecule has 2 saturated heterocycles. The highest BCUT2D eigenvalue weighted by Crippen LogP contribution is 2.33. The molecule has 242 valence electrons. The first-order valence-corrected chi connectivity index (χ1v) is 17.0. The van der Waals surface area contributed by atoms with Crippen molar-refractivity contribution in [2.75, 3.05) is 26.2 Å². The number of piperazine rings is 1. The first-order chi connectivity index (χ1) is 22.1. The highest BCUT2D eigenvalue weighted by atomic mass is 35.5. The molecule has 7 nitrogen and oxygen atoms in total. The van der Waals surface area contributed by atoms with Gasteiger partial charge in [-0.25, -0.2) is 0 Å². The van der Waals surface area contributed by atoms with E-state index in [1.54, 1.807) is 18.2 Å². The number of ketones is 1. The molecular weight excluding hydrogens is 619 g/mol. The van der Waals surface area contributed by atoms with Crippen molar-refractivity contribution in [3.05, 3.63) is 99.2 Å². The van der Waals surface area contributed by atoms with Crippen LogP contribution in [0.1, 0.15) is 65.0 Å². The number of para-hydroxylation sites is 1. The van der Waals surface area contributed by atoms with E-state index < -0.39 is 0 Å². The van der Waals surface area contributed by atoms with Gasteiger partial charge in [0.15, 0.2) is 5.78 Å². The number of rotatable bonds is 12. The molecule has 3 heterocycles. The Bertz CT molecular complexity index is 1700. The van der Waals surface area contributed by atoms with Gasteiger partial charge in [0.25, 0.3) is 5.91 Å². The predicted molar refractivity (Wildman–Crippen MR) is 185 cm³/mol. The van der Waals surface area contributed by atoms with Crippen molar-refractivity contribution in [2.45, 2.75) is 71.3 Å². The third-order valence-electron chi connectivity index (χ3n) is 9.08. The van der Waals surface area contributed by atoms with Crippen LogP contribution in [0.4, 0.5) is 0 Å². The summed E-state index contributed by atoms with van der Waals surface area (Å²) in [6, 6.07) is 20.1. The summed E-state index contributed by atoms with van der Waals surface area (Å²) in [6.45, 7) is 10.4. The Morgan fingerprint density at radius 1 is 0.957 bits per heavy atom. The van der Waals surface area contributed by atoms with E-state index >= 15 is 0 Å². The summed E-state index contributed by atoms with van der Waals surface area (Å²) in [6.07, 6.45) is 5.23. The summed E-state index contributed by atoms with van der Waals surface area (Å²) in [4.78, 5) is 31.4. The topological polar surface area (TPSA) is 66.8 Å². The molecule has 1 aromatic heterocycles. The third-order valence-corrected chi connectivity index (χ3v) is 9.52. The van der Waals surface area contributed by atoms with Crippen LogP contribution in [-0.2, 0) is 13.1 Å². The SMILES string of the molecule is Cc1cccc(CNC(=O)c2cn(CCCN3C4CCC3CN(CC(=O)c3cc(Cl)cc(Cl)c3)C4)c3c(OC(C)C)cccc23)c1. The Morgan fingerprint density at radius 2 is 1.67 bits per heavy atom. The zero-order chi connectivity index (χ0) is 32.4. The molecule has 2 bridgehead atoms. The van der Waals surface area contributed by atoms with Crippen LogP contribution in [0.2, 0.25) is 10.0 Å². The third kappa shape index (κ3) is 7.44. The van der Waals surface area contributed by atoms with E-state index in [4.69, 9.17) is 27.9 Å². The van der Waals surface area contributed by atoms with Gasteiger partial charge in [-0.1, -0.05) is 65.2 Å². The van der Waals surface area contributed by atoms with Gasteiger partial charge in [0.2, 0.25) is 0 Å². The molecule has 0 saturated carbocycles. The quantitative estimate of drug-likeness (QED) is 0.161. The number of ether oxygens (including phenoxy) is 1. The Hall–Kier alpha value is -3.36. The van der Waals surface area contributed by atoms with Crippen LogP contribution in [0.3, 0.4) is 0 Å². The maximum Gasteiger partial charge on any atom is 0.253 e. The van der Waals surface area contributed by atoms with E-state index in [0.717, 1.165) is 67.7 Å². The number of aryl methyl sites for hydroxylation is 2. The van der Waals surface area contributed by atoms with Crippen LogP contribution in [0.15, 0.2) is 66.9 Å². The maximum atomic E-state index is 13.5. The second kappa shape index (κ2) is 14.2. The minimum Gasteiger partial charge on any atom is -0.489 e. The number of halogens is 2. The van der Waals surface area contributed by atoms with Crippen molar-refractivity contribution < 1.29 is 14.3 Å². The number of carbonyl (C=O) groups is 2. The van der Waals surface area contributed by atoms with Crippen molar-refractivity contribution in [1.82, 2.24) is 19.7 Å². The Balaban J connectivity index is 1.12. The van der Waals surface area contributed by atoms with Crippen LogP contribution in [0.5, 0.6) is 5.75 Å². The average Bonchev–Trinajstić information content (AvgIpc) is 3.49. The second-order valence-corrected chi connectivity index (χ2v) is 13.9. The number of benzene rings is 3. The number of fused-ring (bicyclic) bond motifs is 3. The number of nitrogens with one attached hydrogen (secondary N) is 1. The number of likely N-dealkylation sites (tertiary alicyclic amines) is 1. The molecule has 3 aromatic carbocycles. The molecule has 2 unspecified atom stereocenters. The van der Waals surface area contributed by atoms with Crippen LogP contribution >= 0.6 is 23.2 Å². The Kier molecular flexibility index (Phi) is 10.0. The lowest BCUT2D eigenvalue weighted by Crippen LogP contribution is -2.54. The minimum atomic E-state index is -0.0873. The lowest BCUT2D eigenvalue weighted by atomic mass is 10.1. The zero-order valence-electron chi connectivity index (χ0n) is 26.8. The van der Waals surface area contributed by atoms with E-state index in [9.17, 15) is 9.59 Å². The van der Waals surface area contributed by atoms with Crippen molar-refractivity contribution in [1.29, 1.82) is 0 Å². The van der Waals surface area contributed by atoms with Gasteiger partial charge in [0.1, 0.15) is 5.75 Å². The van der Waals surface area contributed by atoms with Gasteiger partial charge >= 0.3 is 0 Å². The fourth-order valence-electron chi connectivity index (χ4n) is 7.14. The molecule has 46 heavy (non-hydrogen) atoms. The van der Waals surface area contributed by atoms with Crippen LogP contribution < -0.4 is 10.1 Å². The van der Waals surface area contributed by atoms with E-state index in [1.165, 1.54) is 5.56 Å². The molecule has 9 heteroatoms. The average molecular weight is 662 g/mol. The second-order valence-electron chi connectivity index (χ2n) is 13.0. The summed E-state index contributed by atoms with van der Waals surface area (Å²) < 4.78 is 8.42. The van der Waals surface area contributed by atoms with E-state index in [-0.39, 0.29) is 17.8 Å². The first kappa shape index (κ1) is 32.6. The fraction of sp³-hybridized carbons (Fsp3) is 0.405. The zero-order valence-corrected chi connectivity index (χ0v) is 28.3. The number of carbonyl (C=O) groups excluding carboxylic acids is 2. The highest BCUT2D eigenvalue weighted by molar-refractivity contribution is 6.35. The fourth-order valence-corrected chi connectivity index (χ4v) is 7.66. The van der Waals surface area contributed by atoms with Gasteiger partial charge < -0.3 is 14.6 Å². The van der Waals surface area contributed by atoms with Crippen LogP contribution in [-0.4, -0.2) is 70.4 Å². The van der Waals surface area contributed by atoms with Gasteiger partial charge in [-0.2, -0.15) is 0 Å². The smallest absolute Gasteiger partial charge is 0.253 e. The molecule has 0 radical (unpaired) electrons. The Morgan fingerprint density at radius 3 is 2.37 bits per heavy atom. The van der Waals surface area contributed by atoms with Gasteiger partial charge in [0, 0.05) is 72.0 Å². The van der Waals surface area contributed by atoms with E-state index in [0.29, 0.717) is 46.3 Å². The largest absolute Gasteiger partial charge is 0.489 e. The molecule has 4 aromatic rings. The lowest BCUT2D eigenvalue weighted by molar-refractivity contribution is 0.0588. The highest BCUT2D eigenvalue weighted by Gasteiger charge is 2.39. The molecular formula is C37H42Cl2N4O3. The minimum absolute atomic E-state index is 0.0159. The van der Waals surface area contributed by atoms with Crippen molar-refractivity contribution in [2.24, 2.45) is 0 Å². The number of hydrogen-bond acceptors (Lipinski definition) is 5. The first-order valence-electron chi connectivity index (χ1n) is 16.2. The van der Waals surface area contributed by atoms with E-state index in [2.05, 4.69) is 38.7 Å². The number of hydrogen-bond donors (Lipinski definition) is 1. The lowest BCUT2D eigenvalue weighted by Gasteiger charge is -2.41. The molecule has 2 aliphatic heterocycles. The summed E-state index contributed by atoms with van der Waals surface area (Å²) in [7, 11) is 0. The summed E-state index contributed by atoms with van der Waals surface area (Å²) in [5.74, 6) is 0.759. The van der Waals surface area contributed by atoms with E-state index in [1.807, 2.05) is 50.4 Å². The summed E-state index contributed by atoms with van der Waals surface area (Å²) in [5, 5.41) is 4.99. The molecule has 2 aliphatic rings. The van der Waals surface area contributed by atoms with Crippen molar-refractivity contribution in [3.63, 3.8) is 0 Å². The normalized spacial score (nSPS) is 18.4. The number of nitrogens with zero attached hydrogens (tertiary/aromatic N) is 3. The van der Waals surface area contributed by atoms with Crippen LogP contribution in [0, 0.1) is 6.92 Å². The summed E-state index contributed by atoms with van der Waals surface area (Å²) in [5.41, 5.74) is 4.44. The van der Waals surface area contributed by atoms with Gasteiger partial charge in [-0.05, 0) is 69.9 Å². The summed E-state index contributed by atoms with van der Waals surface area (Å²) >= 11 is 12.3. The predicted octanol–water partition coefficient (Wildman–Crippen LogP) is 7.40. The molecule has 2 fully saturated rings. The number of aromatic nitrogens is 1. The molecule has 2 atom stereocenters. The van der Waals surface area contributed by atoms with Gasteiger partial charge in [0.05, 0.1) is 23.7 Å². The molecule has 1 N–H and O–H groups in total.